The Kier molecular flexibility index (Phi) is 35.4. The number of hydrogen-bond donors (Lipinski definition) is 19. The average molecular weight is 1410 g/mol. The smallest absolute Gasteiger partial charge is 0.408 e. The highest BCUT2D eigenvalue weighted by atomic mass is 16.6. The van der Waals surface area contributed by atoms with Crippen LogP contribution in [0.5, 0.6) is 0 Å². The van der Waals surface area contributed by atoms with Gasteiger partial charge < -0.3 is 105 Å². The molecule has 0 aromatic heterocycles. The number of amides is 11. The molecular formula is C66H102N14O20. The molecule has 0 unspecified atom stereocenters. The molecular weight excluding hydrogens is 1310 g/mol. The zero-order valence-electron chi connectivity index (χ0n) is 58.3. The van der Waals surface area contributed by atoms with Crippen molar-refractivity contribution in [1.82, 2.24) is 63.8 Å². The molecule has 34 nitrogen and oxygen atoms in total. The van der Waals surface area contributed by atoms with Crippen molar-refractivity contribution in [1.29, 1.82) is 5.41 Å². The summed E-state index contributed by atoms with van der Waals surface area (Å²) < 4.78 is 11.4. The third kappa shape index (κ3) is 28.0. The van der Waals surface area contributed by atoms with Crippen LogP contribution < -0.4 is 69.5 Å². The summed E-state index contributed by atoms with van der Waals surface area (Å²) in [6, 6.07) is -3.18. The maximum absolute atomic E-state index is 15.6. The van der Waals surface area contributed by atoms with Crippen LogP contribution in [-0.4, -0.2) is 207 Å². The fourth-order valence-electron chi connectivity index (χ4n) is 10.2. The van der Waals surface area contributed by atoms with Crippen molar-refractivity contribution in [2.75, 3.05) is 19.7 Å². The first-order valence-electron chi connectivity index (χ1n) is 33.2. The van der Waals surface area contributed by atoms with E-state index in [2.05, 4.69) is 53.2 Å². The van der Waals surface area contributed by atoms with Gasteiger partial charge in [-0.3, -0.25) is 53.4 Å². The van der Waals surface area contributed by atoms with Crippen LogP contribution in [0.1, 0.15) is 132 Å². The van der Waals surface area contributed by atoms with Crippen molar-refractivity contribution in [2.45, 2.75) is 206 Å². The van der Waals surface area contributed by atoms with Crippen LogP contribution in [0.15, 0.2) is 60.7 Å². The molecule has 1 aliphatic rings. The molecule has 1 heterocycles. The van der Waals surface area contributed by atoms with Crippen LogP contribution in [0.4, 0.5) is 4.79 Å². The number of benzene rings is 2. The lowest BCUT2D eigenvalue weighted by Gasteiger charge is -2.34. The number of carboxylic acids is 1. The van der Waals surface area contributed by atoms with Gasteiger partial charge in [0.2, 0.25) is 59.1 Å². The van der Waals surface area contributed by atoms with E-state index in [0.29, 0.717) is 5.56 Å². The van der Waals surface area contributed by atoms with Crippen molar-refractivity contribution in [3.63, 3.8) is 0 Å². The number of aliphatic carboxylic acids is 1. The van der Waals surface area contributed by atoms with Crippen molar-refractivity contribution < 1.29 is 97.3 Å². The highest BCUT2D eigenvalue weighted by Gasteiger charge is 2.44. The highest BCUT2D eigenvalue weighted by molar-refractivity contribution is 6.00. The molecule has 15 atom stereocenters. The summed E-state index contributed by atoms with van der Waals surface area (Å²) in [4.78, 5) is 185. The molecule has 0 radical (unpaired) electrons. The van der Waals surface area contributed by atoms with Crippen molar-refractivity contribution in [3.8, 4) is 0 Å². The molecule has 11 amide bonds. The van der Waals surface area contributed by atoms with Gasteiger partial charge in [-0.2, -0.15) is 0 Å². The van der Waals surface area contributed by atoms with Crippen LogP contribution in [0.2, 0.25) is 0 Å². The van der Waals surface area contributed by atoms with Gasteiger partial charge in [-0.25, -0.2) is 14.4 Å². The first-order valence-corrected chi connectivity index (χ1v) is 33.2. The minimum Gasteiger partial charge on any atom is -0.479 e. The summed E-state index contributed by atoms with van der Waals surface area (Å²) in [5.74, 6) is -19.0. The summed E-state index contributed by atoms with van der Waals surface area (Å²) in [6.45, 7) is 14.8. The van der Waals surface area contributed by atoms with Crippen LogP contribution in [-0.2, 0) is 73.6 Å². The van der Waals surface area contributed by atoms with Gasteiger partial charge in [0.1, 0.15) is 61.0 Å². The number of aliphatic hydroxyl groups is 4. The zero-order chi connectivity index (χ0) is 75.2. The number of nitrogens with two attached hydrogens (primary N) is 1. The number of carbonyl (C=O) groups excluding carboxylic acids is 12. The number of aliphatic hydroxyl groups excluding tert-OH is 4. The number of nitrogens with one attached hydrogen (secondary N) is 13. The minimum absolute atomic E-state index is 0.00689. The normalized spacial score (nSPS) is 23.3. The van der Waals surface area contributed by atoms with Crippen LogP contribution in [0.25, 0.3) is 0 Å². The SMILES string of the molecule is CC[C@H](C)[C@@H]1NC(=O)[C@@H](CCCNC(=N)N)NC(=O)[C@H](CC(C)C)NC(=O)[C@H]([C@H](O)C(C)C)NC(=O)[C@@H](NC(=O)[C@H](CC(C)C)NC(=O)[C@@H](CC(C)C)NC(=O)OCc2ccccc2)[C@@H](c2ccccc2)OC(=O)[C@H](CO)NC(=O)[C@H]([C@H](O)C(=O)O)NC(=O)CNC(=O)[C@H]([C@H](C)O)NC1=O. The predicted molar refractivity (Wildman–Crippen MR) is 359 cm³/mol. The van der Waals surface area contributed by atoms with E-state index in [9.17, 15) is 73.5 Å². The Labute approximate surface area is 580 Å². The van der Waals surface area contributed by atoms with Gasteiger partial charge in [0.25, 0.3) is 0 Å². The van der Waals surface area contributed by atoms with Gasteiger partial charge >= 0.3 is 18.0 Å². The van der Waals surface area contributed by atoms with Crippen LogP contribution in [0.3, 0.4) is 0 Å². The Bertz CT molecular complexity index is 3110. The molecule has 0 saturated carbocycles. The minimum atomic E-state index is -2.82. The van der Waals surface area contributed by atoms with Gasteiger partial charge in [0.05, 0.1) is 25.4 Å². The number of alkyl carbamates (subject to hydrolysis) is 1. The third-order valence-corrected chi connectivity index (χ3v) is 15.9. The highest BCUT2D eigenvalue weighted by Crippen LogP contribution is 2.25. The van der Waals surface area contributed by atoms with E-state index in [1.54, 1.807) is 85.7 Å². The molecule has 0 aliphatic carbocycles. The van der Waals surface area contributed by atoms with E-state index in [1.165, 1.54) is 44.2 Å². The lowest BCUT2D eigenvalue weighted by atomic mass is 9.95. The van der Waals surface area contributed by atoms with Crippen molar-refractivity contribution >= 4 is 83.1 Å². The number of carbonyl (C=O) groups is 13. The lowest BCUT2D eigenvalue weighted by molar-refractivity contribution is -0.159. The van der Waals surface area contributed by atoms with Gasteiger partial charge in [-0.05, 0) is 79.7 Å². The molecule has 2 aromatic rings. The molecule has 2 aromatic carbocycles. The largest absolute Gasteiger partial charge is 0.479 e. The Hall–Kier alpha value is -9.54. The molecule has 0 spiro atoms. The van der Waals surface area contributed by atoms with Crippen molar-refractivity contribution in [3.05, 3.63) is 71.8 Å². The second kappa shape index (κ2) is 41.8. The fraction of sp³-hybridized carbons (Fsp3) is 0.606. The number of carboxylic acid groups (broad SMARTS) is 1. The second-order valence-electron chi connectivity index (χ2n) is 26.2. The summed E-state index contributed by atoms with van der Waals surface area (Å²) in [7, 11) is 0. The summed E-state index contributed by atoms with van der Waals surface area (Å²) in [5, 5.41) is 90.7. The number of rotatable bonds is 26. The quantitative estimate of drug-likeness (QED) is 0.0198. The maximum atomic E-state index is 15.6. The number of guanidine groups is 1. The zero-order valence-corrected chi connectivity index (χ0v) is 58.3. The van der Waals surface area contributed by atoms with E-state index in [0.717, 1.165) is 6.92 Å². The van der Waals surface area contributed by atoms with Crippen LogP contribution in [0, 0.1) is 35.0 Å². The Morgan fingerprint density at radius 2 is 1.16 bits per heavy atom. The number of hydrogen-bond acceptors (Lipinski definition) is 20. The standard InChI is InChI=1S/C66H102N14O20/c1-12-36(10)46-59(91)78-47(37(11)82)58(90)70-29-45(83)76-49(52(85)63(95)96)61(93)74-44(30-81)64(97)100-53(39-22-17-14-18-23-39)50(80-57(89)42(27-33(4)5)72-56(88)43(28-34(6)7)75-66(98)99-31-38-20-15-13-16-21-38)62(94)79-48(51(84)35(8)9)60(92)73-41(26-32(2)3)55(87)71-40(54(86)77-46)24-19-25-69-65(67)68/h13-18,20-23,32-37,40-44,46-53,81-82,84-85H,12,19,24-31H2,1-11H3,(H,70,90)(H,71,87)(H,72,88)(H,73,92)(H,74,93)(H,75,98)(H,76,83)(H,77,86)(H,78,91)(H,79,94)(H,80,89)(H,95,96)(H4,67,68,69)/t36-,37-,40+,41-,42-,43+,44-,46-,47-,48-,49-,50-,51+,52-,53+/m0/s1. The first-order chi connectivity index (χ1) is 47.0. The molecule has 20 N–H and O–H groups in total. The van der Waals surface area contributed by atoms with E-state index >= 15 is 14.4 Å². The lowest BCUT2D eigenvalue weighted by Crippen LogP contribution is -2.64. The topological polar surface area (TPSA) is 536 Å². The first kappa shape index (κ1) is 84.7. The molecule has 556 valence electrons. The predicted octanol–water partition coefficient (Wildman–Crippen LogP) is -2.66. The molecule has 1 fully saturated rings. The second-order valence-corrected chi connectivity index (χ2v) is 26.2. The van der Waals surface area contributed by atoms with Crippen molar-refractivity contribution in [2.24, 2.45) is 35.3 Å². The number of esters is 1. The number of ether oxygens (including phenoxy) is 2. The van der Waals surface area contributed by atoms with Gasteiger partial charge in [0.15, 0.2) is 24.2 Å². The van der Waals surface area contributed by atoms with Crippen LogP contribution >= 0.6 is 0 Å². The van der Waals surface area contributed by atoms with E-state index in [1.807, 2.05) is 10.6 Å². The maximum Gasteiger partial charge on any atom is 0.408 e. The molecule has 100 heavy (non-hydrogen) atoms. The fourth-order valence-corrected chi connectivity index (χ4v) is 10.2. The molecule has 34 heteroatoms. The Balaban J connectivity index is 2.41. The average Bonchev–Trinajstić information content (AvgIpc) is 0.813. The van der Waals surface area contributed by atoms with E-state index in [4.69, 9.17) is 20.6 Å². The molecule has 1 saturated heterocycles. The van der Waals surface area contributed by atoms with Gasteiger partial charge in [0, 0.05) is 6.54 Å². The Morgan fingerprint density at radius 3 is 1.70 bits per heavy atom. The van der Waals surface area contributed by atoms with E-state index in [-0.39, 0.29) is 63.2 Å². The molecule has 0 bridgehead atoms. The summed E-state index contributed by atoms with van der Waals surface area (Å²) in [6.07, 6.45) is -9.83. The molecule has 1 aliphatic heterocycles. The monoisotopic (exact) mass is 1410 g/mol. The Morgan fingerprint density at radius 1 is 0.630 bits per heavy atom. The third-order valence-electron chi connectivity index (χ3n) is 15.9. The summed E-state index contributed by atoms with van der Waals surface area (Å²) >= 11 is 0. The molecule has 3 rings (SSSR count). The van der Waals surface area contributed by atoms with E-state index < -0.39 is 205 Å². The van der Waals surface area contributed by atoms with Gasteiger partial charge in [-0.1, -0.05) is 136 Å². The number of cyclic esters (lactones) is 1. The van der Waals surface area contributed by atoms with Gasteiger partial charge in [-0.15, -0.1) is 0 Å². The summed E-state index contributed by atoms with van der Waals surface area (Å²) in [5.41, 5.74) is 6.01.